The topological polar surface area (TPSA) is 83.5 Å². The Bertz CT molecular complexity index is 755. The van der Waals surface area contributed by atoms with Crippen LogP contribution in [0, 0.1) is 0 Å². The highest BCUT2D eigenvalue weighted by Gasteiger charge is 2.18. The summed E-state index contributed by atoms with van der Waals surface area (Å²) in [5.74, 6) is -1.00. The minimum absolute atomic E-state index is 0.191. The Hall–Kier alpha value is -1.22. The molecule has 0 radical (unpaired) electrons. The summed E-state index contributed by atoms with van der Waals surface area (Å²) in [4.78, 5) is 10.9. The zero-order chi connectivity index (χ0) is 15.5. The minimum atomic E-state index is -3.54. The SMILES string of the molecule is O=C(O)c1cccc(CCNS(=O)(=O)c2sccc2Br)c1. The van der Waals surface area contributed by atoms with Crippen molar-refractivity contribution in [2.45, 2.75) is 10.6 Å². The summed E-state index contributed by atoms with van der Waals surface area (Å²) < 4.78 is 27.4. The molecule has 0 aliphatic heterocycles. The smallest absolute Gasteiger partial charge is 0.335 e. The number of hydrogen-bond acceptors (Lipinski definition) is 4. The van der Waals surface area contributed by atoms with Crippen LogP contribution in [-0.2, 0) is 16.4 Å². The summed E-state index contributed by atoms with van der Waals surface area (Å²) in [6, 6.07) is 8.12. The molecule has 2 rings (SSSR count). The van der Waals surface area contributed by atoms with E-state index in [0.29, 0.717) is 10.9 Å². The standard InChI is InChI=1S/C13H12BrNO4S2/c14-11-5-7-20-13(11)21(18,19)15-6-4-9-2-1-3-10(8-9)12(16)17/h1-3,5,7-8,15H,4,6H2,(H,16,17). The fourth-order valence-corrected chi connectivity index (χ4v) is 5.14. The molecule has 0 saturated carbocycles. The quantitative estimate of drug-likeness (QED) is 0.795. The molecule has 0 amide bonds. The van der Waals surface area contributed by atoms with E-state index in [4.69, 9.17) is 5.11 Å². The lowest BCUT2D eigenvalue weighted by atomic mass is 10.1. The maximum absolute atomic E-state index is 12.1. The third-order valence-corrected chi connectivity index (χ3v) is 6.84. The Morgan fingerprint density at radius 1 is 1.33 bits per heavy atom. The van der Waals surface area contributed by atoms with Crippen LogP contribution in [0.4, 0.5) is 0 Å². The molecule has 0 bridgehead atoms. The number of carboxylic acids is 1. The molecule has 0 atom stereocenters. The lowest BCUT2D eigenvalue weighted by molar-refractivity contribution is 0.0696. The lowest BCUT2D eigenvalue weighted by Crippen LogP contribution is -2.25. The van der Waals surface area contributed by atoms with E-state index in [0.717, 1.165) is 16.9 Å². The normalized spacial score (nSPS) is 11.5. The van der Waals surface area contributed by atoms with Crippen LogP contribution in [0.5, 0.6) is 0 Å². The Balaban J connectivity index is 2.00. The van der Waals surface area contributed by atoms with Crippen molar-refractivity contribution in [1.82, 2.24) is 4.72 Å². The van der Waals surface area contributed by atoms with E-state index in [1.807, 2.05) is 0 Å². The van der Waals surface area contributed by atoms with Crippen molar-refractivity contribution in [1.29, 1.82) is 0 Å². The second kappa shape index (κ2) is 6.69. The Morgan fingerprint density at radius 2 is 2.10 bits per heavy atom. The van der Waals surface area contributed by atoms with Crippen molar-refractivity contribution < 1.29 is 18.3 Å². The van der Waals surface area contributed by atoms with Gasteiger partial charge in [-0.2, -0.15) is 0 Å². The van der Waals surface area contributed by atoms with E-state index in [1.54, 1.807) is 23.6 Å². The predicted molar refractivity (Wildman–Crippen MR) is 84.3 cm³/mol. The van der Waals surface area contributed by atoms with Crippen LogP contribution in [0.2, 0.25) is 0 Å². The summed E-state index contributed by atoms with van der Waals surface area (Å²) in [5, 5.41) is 10.6. The van der Waals surface area contributed by atoms with E-state index in [-0.39, 0.29) is 16.3 Å². The highest BCUT2D eigenvalue weighted by atomic mass is 79.9. The molecular formula is C13H12BrNO4S2. The van der Waals surface area contributed by atoms with Gasteiger partial charge in [0.2, 0.25) is 0 Å². The molecule has 0 aliphatic carbocycles. The predicted octanol–water partition coefficient (Wildman–Crippen LogP) is 2.73. The second-order valence-corrected chi connectivity index (χ2v) is 7.94. The first-order valence-corrected chi connectivity index (χ1v) is 9.10. The number of sulfonamides is 1. The van der Waals surface area contributed by atoms with Gasteiger partial charge in [0.05, 0.1) is 5.56 Å². The van der Waals surface area contributed by atoms with Gasteiger partial charge in [0.25, 0.3) is 10.0 Å². The molecule has 2 aromatic rings. The average molecular weight is 390 g/mol. The zero-order valence-corrected chi connectivity index (χ0v) is 14.0. The maximum Gasteiger partial charge on any atom is 0.335 e. The van der Waals surface area contributed by atoms with Crippen LogP contribution in [0.25, 0.3) is 0 Å². The monoisotopic (exact) mass is 389 g/mol. The van der Waals surface area contributed by atoms with E-state index >= 15 is 0 Å². The first-order chi connectivity index (χ1) is 9.90. The summed E-state index contributed by atoms with van der Waals surface area (Å²) in [7, 11) is -3.54. The van der Waals surface area contributed by atoms with Gasteiger partial charge in [0, 0.05) is 11.0 Å². The molecule has 8 heteroatoms. The molecule has 0 spiro atoms. The molecule has 0 fully saturated rings. The molecule has 0 aliphatic rings. The van der Waals surface area contributed by atoms with Crippen LogP contribution < -0.4 is 4.72 Å². The van der Waals surface area contributed by atoms with Crippen molar-refractivity contribution >= 4 is 43.3 Å². The highest BCUT2D eigenvalue weighted by molar-refractivity contribution is 9.10. The van der Waals surface area contributed by atoms with Gasteiger partial charge in [-0.25, -0.2) is 17.9 Å². The largest absolute Gasteiger partial charge is 0.478 e. The van der Waals surface area contributed by atoms with E-state index in [2.05, 4.69) is 20.7 Å². The van der Waals surface area contributed by atoms with Crippen LogP contribution in [0.3, 0.4) is 0 Å². The van der Waals surface area contributed by atoms with Gasteiger partial charge in [-0.3, -0.25) is 0 Å². The number of aromatic carboxylic acids is 1. The van der Waals surface area contributed by atoms with Gasteiger partial charge in [0.15, 0.2) is 0 Å². The zero-order valence-electron chi connectivity index (χ0n) is 10.7. The van der Waals surface area contributed by atoms with Gasteiger partial charge in [-0.05, 0) is 51.5 Å². The molecule has 0 saturated heterocycles. The number of thiophene rings is 1. The van der Waals surface area contributed by atoms with Crippen molar-refractivity contribution in [2.24, 2.45) is 0 Å². The van der Waals surface area contributed by atoms with Crippen molar-refractivity contribution in [3.05, 3.63) is 51.3 Å². The fraction of sp³-hybridized carbons (Fsp3) is 0.154. The number of carbonyl (C=O) groups is 1. The Morgan fingerprint density at radius 3 is 2.71 bits per heavy atom. The third-order valence-electron chi connectivity index (χ3n) is 2.71. The minimum Gasteiger partial charge on any atom is -0.478 e. The number of carboxylic acid groups (broad SMARTS) is 1. The molecule has 5 nitrogen and oxygen atoms in total. The van der Waals surface area contributed by atoms with Crippen molar-refractivity contribution in [2.75, 3.05) is 6.54 Å². The molecule has 0 unspecified atom stereocenters. The van der Waals surface area contributed by atoms with E-state index in [9.17, 15) is 13.2 Å². The van der Waals surface area contributed by atoms with Crippen LogP contribution in [0.1, 0.15) is 15.9 Å². The molecule has 21 heavy (non-hydrogen) atoms. The molecular weight excluding hydrogens is 378 g/mol. The van der Waals surface area contributed by atoms with E-state index < -0.39 is 16.0 Å². The van der Waals surface area contributed by atoms with Crippen molar-refractivity contribution in [3.63, 3.8) is 0 Å². The summed E-state index contributed by atoms with van der Waals surface area (Å²) in [5.41, 5.74) is 0.958. The molecule has 1 aromatic carbocycles. The van der Waals surface area contributed by atoms with Gasteiger partial charge >= 0.3 is 5.97 Å². The summed E-state index contributed by atoms with van der Waals surface area (Å²) >= 11 is 4.32. The van der Waals surface area contributed by atoms with E-state index in [1.165, 1.54) is 12.1 Å². The molecule has 2 N–H and O–H groups in total. The van der Waals surface area contributed by atoms with Gasteiger partial charge in [-0.1, -0.05) is 12.1 Å². The average Bonchev–Trinajstić information content (AvgIpc) is 2.86. The van der Waals surface area contributed by atoms with Gasteiger partial charge in [0.1, 0.15) is 4.21 Å². The molecule has 1 aromatic heterocycles. The van der Waals surface area contributed by atoms with Crippen LogP contribution >= 0.6 is 27.3 Å². The number of hydrogen-bond donors (Lipinski definition) is 2. The number of halogens is 1. The number of nitrogens with one attached hydrogen (secondary N) is 1. The number of rotatable bonds is 6. The Labute approximate surface area is 134 Å². The summed E-state index contributed by atoms with van der Waals surface area (Å²) in [6.45, 7) is 0.204. The van der Waals surface area contributed by atoms with Crippen molar-refractivity contribution in [3.8, 4) is 0 Å². The third kappa shape index (κ3) is 4.13. The molecule has 1 heterocycles. The lowest BCUT2D eigenvalue weighted by Gasteiger charge is -2.06. The number of benzene rings is 1. The van der Waals surface area contributed by atoms with Gasteiger partial charge < -0.3 is 5.11 Å². The maximum atomic E-state index is 12.1. The van der Waals surface area contributed by atoms with Crippen LogP contribution in [0.15, 0.2) is 44.4 Å². The van der Waals surface area contributed by atoms with Crippen LogP contribution in [-0.4, -0.2) is 26.0 Å². The second-order valence-electron chi connectivity index (χ2n) is 4.21. The first-order valence-electron chi connectivity index (χ1n) is 5.95. The molecule has 112 valence electrons. The van der Waals surface area contributed by atoms with Gasteiger partial charge in [-0.15, -0.1) is 11.3 Å². The Kier molecular flexibility index (Phi) is 5.15. The summed E-state index contributed by atoms with van der Waals surface area (Å²) in [6.07, 6.45) is 0.420. The fourth-order valence-electron chi connectivity index (χ4n) is 1.73. The highest BCUT2D eigenvalue weighted by Crippen LogP contribution is 2.27. The first kappa shape index (κ1) is 16.2.